The zero-order valence-electron chi connectivity index (χ0n) is 17.7. The van der Waals surface area contributed by atoms with Gasteiger partial charge in [-0.3, -0.25) is 14.6 Å². The van der Waals surface area contributed by atoms with Crippen LogP contribution in [0.5, 0.6) is 5.75 Å². The van der Waals surface area contributed by atoms with E-state index in [2.05, 4.69) is 10.3 Å². The van der Waals surface area contributed by atoms with Crippen molar-refractivity contribution in [3.63, 3.8) is 0 Å². The van der Waals surface area contributed by atoms with Crippen LogP contribution in [0.4, 0.5) is 0 Å². The van der Waals surface area contributed by atoms with Crippen LogP contribution in [0.3, 0.4) is 0 Å². The first-order valence-corrected chi connectivity index (χ1v) is 10.8. The summed E-state index contributed by atoms with van der Waals surface area (Å²) in [5, 5.41) is 3.58. The molecule has 2 heterocycles. The SMILES string of the molecule is COc1ccccc1C1CN(C(=O)c2ccc(Cl)cc2)CC1C(=O)NCc1cccnc1. The van der Waals surface area contributed by atoms with E-state index in [0.29, 0.717) is 36.0 Å². The van der Waals surface area contributed by atoms with Gasteiger partial charge in [0.1, 0.15) is 5.75 Å². The molecular formula is C25H24ClN3O3. The molecule has 6 nitrogen and oxygen atoms in total. The average molecular weight is 450 g/mol. The number of aromatic nitrogens is 1. The molecule has 3 aromatic rings. The highest BCUT2D eigenvalue weighted by atomic mass is 35.5. The van der Waals surface area contributed by atoms with Crippen LogP contribution in [-0.2, 0) is 11.3 Å². The predicted molar refractivity (Wildman–Crippen MR) is 123 cm³/mol. The number of nitrogens with one attached hydrogen (secondary N) is 1. The second-order valence-electron chi connectivity index (χ2n) is 7.75. The standard InChI is InChI=1S/C25H24ClN3O3/c1-32-23-7-3-2-6-20(23)21-15-29(25(31)18-8-10-19(26)11-9-18)16-22(21)24(30)28-14-17-5-4-12-27-13-17/h2-13,21-22H,14-16H2,1H3,(H,28,30). The van der Waals surface area contributed by atoms with Crippen molar-refractivity contribution in [2.75, 3.05) is 20.2 Å². The Kier molecular flexibility index (Phi) is 6.71. The maximum Gasteiger partial charge on any atom is 0.253 e. The van der Waals surface area contributed by atoms with E-state index in [1.54, 1.807) is 48.7 Å². The van der Waals surface area contributed by atoms with E-state index in [9.17, 15) is 9.59 Å². The third-order valence-electron chi connectivity index (χ3n) is 5.76. The summed E-state index contributed by atoms with van der Waals surface area (Å²) >= 11 is 5.97. The molecule has 4 rings (SSSR count). The van der Waals surface area contributed by atoms with Gasteiger partial charge < -0.3 is 15.0 Å². The zero-order chi connectivity index (χ0) is 22.5. The van der Waals surface area contributed by atoms with Crippen molar-refractivity contribution in [1.29, 1.82) is 0 Å². The van der Waals surface area contributed by atoms with Crippen LogP contribution in [-0.4, -0.2) is 41.9 Å². The minimum Gasteiger partial charge on any atom is -0.496 e. The summed E-state index contributed by atoms with van der Waals surface area (Å²) in [7, 11) is 1.61. The van der Waals surface area contributed by atoms with E-state index >= 15 is 0 Å². The van der Waals surface area contributed by atoms with Gasteiger partial charge >= 0.3 is 0 Å². The first-order chi connectivity index (χ1) is 15.6. The van der Waals surface area contributed by atoms with Crippen molar-refractivity contribution in [1.82, 2.24) is 15.2 Å². The third kappa shape index (κ3) is 4.75. The summed E-state index contributed by atoms with van der Waals surface area (Å²) in [5.41, 5.74) is 2.38. The van der Waals surface area contributed by atoms with Gasteiger partial charge in [-0.2, -0.15) is 0 Å². The summed E-state index contributed by atoms with van der Waals surface area (Å²) in [6.07, 6.45) is 3.42. The highest BCUT2D eigenvalue weighted by Crippen LogP contribution is 2.38. The number of rotatable bonds is 6. The van der Waals surface area contributed by atoms with Gasteiger partial charge in [-0.1, -0.05) is 35.9 Å². The van der Waals surface area contributed by atoms with Crippen LogP contribution in [0.2, 0.25) is 5.02 Å². The van der Waals surface area contributed by atoms with Crippen LogP contribution in [0, 0.1) is 5.92 Å². The molecule has 0 saturated carbocycles. The van der Waals surface area contributed by atoms with E-state index in [1.807, 2.05) is 36.4 Å². The van der Waals surface area contributed by atoms with Crippen LogP contribution < -0.4 is 10.1 Å². The summed E-state index contributed by atoms with van der Waals surface area (Å²) in [5.74, 6) is -0.0980. The summed E-state index contributed by atoms with van der Waals surface area (Å²) < 4.78 is 5.55. The number of hydrogen-bond acceptors (Lipinski definition) is 4. The van der Waals surface area contributed by atoms with Crippen molar-refractivity contribution in [3.8, 4) is 5.75 Å². The summed E-state index contributed by atoms with van der Waals surface area (Å²) in [4.78, 5) is 32.2. The molecule has 0 aliphatic carbocycles. The molecule has 2 unspecified atom stereocenters. The lowest BCUT2D eigenvalue weighted by Crippen LogP contribution is -2.35. The Labute approximate surface area is 192 Å². The molecule has 164 valence electrons. The normalized spacial score (nSPS) is 17.8. The molecular weight excluding hydrogens is 426 g/mol. The Balaban J connectivity index is 1.58. The molecule has 1 saturated heterocycles. The fourth-order valence-corrected chi connectivity index (χ4v) is 4.25. The Morgan fingerprint density at radius 1 is 1.09 bits per heavy atom. The quantitative estimate of drug-likeness (QED) is 0.619. The van der Waals surface area contributed by atoms with Gasteiger partial charge in [0.15, 0.2) is 0 Å². The smallest absolute Gasteiger partial charge is 0.253 e. The molecule has 0 radical (unpaired) electrons. The summed E-state index contributed by atoms with van der Waals surface area (Å²) in [6.45, 7) is 1.13. The minimum atomic E-state index is -0.403. The van der Waals surface area contributed by atoms with Gasteiger partial charge in [-0.05, 0) is 47.5 Å². The number of halogens is 1. The van der Waals surface area contributed by atoms with Gasteiger partial charge in [0.2, 0.25) is 5.91 Å². The van der Waals surface area contributed by atoms with Gasteiger partial charge in [-0.25, -0.2) is 0 Å². The maximum atomic E-state index is 13.2. The molecule has 2 amide bonds. The molecule has 2 aromatic carbocycles. The maximum absolute atomic E-state index is 13.2. The second-order valence-corrected chi connectivity index (χ2v) is 8.19. The number of para-hydroxylation sites is 1. The Bertz CT molecular complexity index is 1090. The Morgan fingerprint density at radius 2 is 1.88 bits per heavy atom. The first kappa shape index (κ1) is 21.8. The topological polar surface area (TPSA) is 71.5 Å². The third-order valence-corrected chi connectivity index (χ3v) is 6.01. The molecule has 1 aliphatic heterocycles. The Hall–Kier alpha value is -3.38. The Morgan fingerprint density at radius 3 is 2.59 bits per heavy atom. The molecule has 7 heteroatoms. The monoisotopic (exact) mass is 449 g/mol. The first-order valence-electron chi connectivity index (χ1n) is 10.4. The second kappa shape index (κ2) is 9.83. The molecule has 1 fully saturated rings. The summed E-state index contributed by atoms with van der Waals surface area (Å²) in [6, 6.07) is 18.2. The number of benzene rings is 2. The number of ether oxygens (including phenoxy) is 1. The highest BCUT2D eigenvalue weighted by molar-refractivity contribution is 6.30. The van der Waals surface area contributed by atoms with Crippen LogP contribution in [0.1, 0.15) is 27.4 Å². The van der Waals surface area contributed by atoms with Crippen molar-refractivity contribution in [2.24, 2.45) is 5.92 Å². The lowest BCUT2D eigenvalue weighted by atomic mass is 9.87. The van der Waals surface area contributed by atoms with E-state index in [0.717, 1.165) is 11.1 Å². The predicted octanol–water partition coefficient (Wildman–Crippen LogP) is 3.92. The van der Waals surface area contributed by atoms with Gasteiger partial charge in [-0.15, -0.1) is 0 Å². The number of hydrogen-bond donors (Lipinski definition) is 1. The lowest BCUT2D eigenvalue weighted by Gasteiger charge is -2.20. The number of carbonyl (C=O) groups is 2. The van der Waals surface area contributed by atoms with E-state index in [4.69, 9.17) is 16.3 Å². The molecule has 0 spiro atoms. The van der Waals surface area contributed by atoms with E-state index in [1.165, 1.54) is 0 Å². The zero-order valence-corrected chi connectivity index (χ0v) is 18.5. The van der Waals surface area contributed by atoms with E-state index < -0.39 is 5.92 Å². The van der Waals surface area contributed by atoms with Crippen LogP contribution in [0.15, 0.2) is 73.1 Å². The molecule has 1 N–H and O–H groups in total. The molecule has 1 aromatic heterocycles. The number of amides is 2. The van der Waals surface area contributed by atoms with Crippen LogP contribution in [0.25, 0.3) is 0 Å². The lowest BCUT2D eigenvalue weighted by molar-refractivity contribution is -0.125. The molecule has 32 heavy (non-hydrogen) atoms. The van der Waals surface area contributed by atoms with Crippen molar-refractivity contribution in [3.05, 3.63) is 94.8 Å². The van der Waals surface area contributed by atoms with Crippen molar-refractivity contribution < 1.29 is 14.3 Å². The molecule has 1 aliphatic rings. The van der Waals surface area contributed by atoms with Gasteiger partial charge in [0.05, 0.1) is 13.0 Å². The number of pyridine rings is 1. The number of likely N-dealkylation sites (tertiary alicyclic amines) is 1. The number of methoxy groups -OCH3 is 1. The van der Waals surface area contributed by atoms with Gasteiger partial charge in [0.25, 0.3) is 5.91 Å². The molecule has 2 atom stereocenters. The van der Waals surface area contributed by atoms with E-state index in [-0.39, 0.29) is 17.7 Å². The number of nitrogens with zero attached hydrogens (tertiary/aromatic N) is 2. The fourth-order valence-electron chi connectivity index (χ4n) is 4.12. The molecule has 0 bridgehead atoms. The van der Waals surface area contributed by atoms with Crippen LogP contribution >= 0.6 is 11.6 Å². The highest BCUT2D eigenvalue weighted by Gasteiger charge is 2.41. The largest absolute Gasteiger partial charge is 0.496 e. The van der Waals surface area contributed by atoms with Gasteiger partial charge in [0, 0.05) is 48.5 Å². The fraction of sp³-hybridized carbons (Fsp3) is 0.240. The average Bonchev–Trinajstić information content (AvgIpc) is 3.28. The van der Waals surface area contributed by atoms with Crippen molar-refractivity contribution in [2.45, 2.75) is 12.5 Å². The minimum absolute atomic E-state index is 0.101. The van der Waals surface area contributed by atoms with Crippen molar-refractivity contribution >= 4 is 23.4 Å². The number of carbonyl (C=O) groups excluding carboxylic acids is 2.